The molecule has 6 nitrogen and oxygen atoms in total. The molecule has 0 bridgehead atoms. The minimum Gasteiger partial charge on any atom is -0.504 e. The topological polar surface area (TPSA) is 60.3 Å². The van der Waals surface area contributed by atoms with E-state index in [0.29, 0.717) is 11.8 Å². The second kappa shape index (κ2) is 9.12. The first kappa shape index (κ1) is 18.8. The second-order valence-corrected chi connectivity index (χ2v) is 7.12. The van der Waals surface area contributed by atoms with Crippen LogP contribution in [-0.4, -0.2) is 73.3 Å². The molecule has 2 aliphatic rings. The standard InChI is InChI=1S/C20H32N4O2/c1-3-21-20(24-13-9-17(15-24)23-11-4-5-12-23)22-10-8-16-6-7-18(25)19(14-16)26-2/h6-7,14,17,25H,3-5,8-13,15H2,1-2H3,(H,21,22). The highest BCUT2D eigenvalue weighted by Crippen LogP contribution is 2.26. The number of rotatable bonds is 6. The zero-order valence-electron chi connectivity index (χ0n) is 16.1. The van der Waals surface area contributed by atoms with Gasteiger partial charge in [0.15, 0.2) is 17.5 Å². The Morgan fingerprint density at radius 3 is 2.85 bits per heavy atom. The zero-order chi connectivity index (χ0) is 18.4. The highest BCUT2D eigenvalue weighted by Gasteiger charge is 2.30. The van der Waals surface area contributed by atoms with Crippen LogP contribution in [0.4, 0.5) is 0 Å². The normalized spacial score (nSPS) is 21.4. The molecule has 2 saturated heterocycles. The molecule has 26 heavy (non-hydrogen) atoms. The van der Waals surface area contributed by atoms with E-state index < -0.39 is 0 Å². The summed E-state index contributed by atoms with van der Waals surface area (Å²) in [6.45, 7) is 8.41. The summed E-state index contributed by atoms with van der Waals surface area (Å²) in [7, 11) is 1.57. The van der Waals surface area contributed by atoms with Crippen LogP contribution in [0.2, 0.25) is 0 Å². The number of benzene rings is 1. The van der Waals surface area contributed by atoms with Crippen molar-refractivity contribution >= 4 is 5.96 Å². The van der Waals surface area contributed by atoms with Gasteiger partial charge in [-0.25, -0.2) is 0 Å². The summed E-state index contributed by atoms with van der Waals surface area (Å²) in [5, 5.41) is 13.1. The monoisotopic (exact) mass is 360 g/mol. The third kappa shape index (κ3) is 4.61. The summed E-state index contributed by atoms with van der Waals surface area (Å²) in [6, 6.07) is 6.18. The Balaban J connectivity index is 1.57. The number of aromatic hydroxyl groups is 1. The lowest BCUT2D eigenvalue weighted by Gasteiger charge is -2.25. The molecule has 0 saturated carbocycles. The summed E-state index contributed by atoms with van der Waals surface area (Å²) in [5.74, 6) is 1.73. The zero-order valence-corrected chi connectivity index (χ0v) is 16.1. The molecule has 0 aliphatic carbocycles. The first-order valence-electron chi connectivity index (χ1n) is 9.84. The van der Waals surface area contributed by atoms with E-state index in [4.69, 9.17) is 9.73 Å². The Kier molecular flexibility index (Phi) is 6.61. The molecule has 0 amide bonds. The largest absolute Gasteiger partial charge is 0.504 e. The minimum absolute atomic E-state index is 0.179. The number of nitrogens with one attached hydrogen (secondary N) is 1. The molecule has 1 aromatic carbocycles. The maximum atomic E-state index is 9.70. The van der Waals surface area contributed by atoms with Crippen LogP contribution in [-0.2, 0) is 6.42 Å². The summed E-state index contributed by atoms with van der Waals surface area (Å²) < 4.78 is 5.18. The lowest BCUT2D eigenvalue weighted by molar-refractivity contribution is 0.249. The van der Waals surface area contributed by atoms with Crippen molar-refractivity contribution in [2.45, 2.75) is 38.6 Å². The van der Waals surface area contributed by atoms with E-state index in [0.717, 1.165) is 44.1 Å². The maximum absolute atomic E-state index is 9.70. The SMILES string of the molecule is CCNC(=NCCc1ccc(O)c(OC)c1)N1CCC(N2CCCC2)C1. The van der Waals surface area contributed by atoms with E-state index >= 15 is 0 Å². The molecule has 0 spiro atoms. The third-order valence-electron chi connectivity index (χ3n) is 5.36. The number of guanidine groups is 1. The van der Waals surface area contributed by atoms with Crippen LogP contribution in [0.15, 0.2) is 23.2 Å². The Labute approximate surface area is 156 Å². The number of phenols is 1. The predicted molar refractivity (Wildman–Crippen MR) is 105 cm³/mol. The average Bonchev–Trinajstić information content (AvgIpc) is 3.34. The molecular weight excluding hydrogens is 328 g/mol. The van der Waals surface area contributed by atoms with Crippen LogP contribution >= 0.6 is 0 Å². The van der Waals surface area contributed by atoms with Gasteiger partial charge < -0.3 is 20.1 Å². The van der Waals surface area contributed by atoms with Gasteiger partial charge in [-0.2, -0.15) is 0 Å². The van der Waals surface area contributed by atoms with E-state index in [1.807, 2.05) is 12.1 Å². The number of aliphatic imine (C=N–C) groups is 1. The van der Waals surface area contributed by atoms with Crippen LogP contribution in [0.25, 0.3) is 0 Å². The van der Waals surface area contributed by atoms with Crippen LogP contribution in [0.3, 0.4) is 0 Å². The molecule has 2 fully saturated rings. The number of ether oxygens (including phenoxy) is 1. The summed E-state index contributed by atoms with van der Waals surface area (Å²) >= 11 is 0. The van der Waals surface area contributed by atoms with Gasteiger partial charge >= 0.3 is 0 Å². The Morgan fingerprint density at radius 2 is 2.12 bits per heavy atom. The molecule has 1 aromatic rings. The Hall–Kier alpha value is -1.95. The number of hydrogen-bond donors (Lipinski definition) is 2. The Morgan fingerprint density at radius 1 is 1.31 bits per heavy atom. The molecular formula is C20H32N4O2. The van der Waals surface area contributed by atoms with Crippen LogP contribution in [0, 0.1) is 0 Å². The molecule has 2 N–H and O–H groups in total. The first-order chi connectivity index (χ1) is 12.7. The Bertz CT molecular complexity index is 614. The van der Waals surface area contributed by atoms with Crippen molar-refractivity contribution in [3.05, 3.63) is 23.8 Å². The van der Waals surface area contributed by atoms with Gasteiger partial charge in [0.1, 0.15) is 0 Å². The van der Waals surface area contributed by atoms with Gasteiger partial charge in [0, 0.05) is 32.2 Å². The van der Waals surface area contributed by atoms with E-state index in [-0.39, 0.29) is 5.75 Å². The summed E-state index contributed by atoms with van der Waals surface area (Å²) in [5.41, 5.74) is 1.12. The van der Waals surface area contributed by atoms with Crippen LogP contribution in [0.1, 0.15) is 31.7 Å². The molecule has 3 rings (SSSR count). The van der Waals surface area contributed by atoms with Gasteiger partial charge in [0.05, 0.1) is 7.11 Å². The fourth-order valence-electron chi connectivity index (χ4n) is 3.93. The van der Waals surface area contributed by atoms with Gasteiger partial charge in [-0.1, -0.05) is 6.07 Å². The number of nitrogens with zero attached hydrogens (tertiary/aromatic N) is 3. The predicted octanol–water partition coefficient (Wildman–Crippen LogP) is 2.08. The van der Waals surface area contributed by atoms with Crippen molar-refractivity contribution in [1.29, 1.82) is 0 Å². The first-order valence-corrected chi connectivity index (χ1v) is 9.84. The van der Waals surface area contributed by atoms with Crippen LogP contribution < -0.4 is 10.1 Å². The van der Waals surface area contributed by atoms with E-state index in [1.54, 1.807) is 13.2 Å². The van der Waals surface area contributed by atoms with Crippen molar-refractivity contribution in [3.8, 4) is 11.5 Å². The lowest BCUT2D eigenvalue weighted by atomic mass is 10.1. The smallest absolute Gasteiger partial charge is 0.193 e. The van der Waals surface area contributed by atoms with E-state index in [1.165, 1.54) is 32.4 Å². The minimum atomic E-state index is 0.179. The fourth-order valence-corrected chi connectivity index (χ4v) is 3.93. The molecule has 1 atom stereocenters. The quantitative estimate of drug-likeness (QED) is 0.601. The molecule has 2 aliphatic heterocycles. The van der Waals surface area contributed by atoms with Crippen molar-refractivity contribution < 1.29 is 9.84 Å². The molecule has 144 valence electrons. The molecule has 1 unspecified atom stereocenters. The van der Waals surface area contributed by atoms with Gasteiger partial charge in [0.25, 0.3) is 0 Å². The summed E-state index contributed by atoms with van der Waals surface area (Å²) in [4.78, 5) is 9.89. The molecule has 0 aromatic heterocycles. The fraction of sp³-hybridized carbons (Fsp3) is 0.650. The van der Waals surface area contributed by atoms with Gasteiger partial charge in [-0.05, 0) is 63.4 Å². The van der Waals surface area contributed by atoms with E-state index in [9.17, 15) is 5.11 Å². The van der Waals surface area contributed by atoms with Gasteiger partial charge in [-0.15, -0.1) is 0 Å². The van der Waals surface area contributed by atoms with Gasteiger partial charge in [-0.3, -0.25) is 9.89 Å². The maximum Gasteiger partial charge on any atom is 0.193 e. The molecule has 2 heterocycles. The summed E-state index contributed by atoms with van der Waals surface area (Å²) in [6.07, 6.45) is 4.76. The van der Waals surface area contributed by atoms with Crippen molar-refractivity contribution in [2.75, 3.05) is 46.4 Å². The third-order valence-corrected chi connectivity index (χ3v) is 5.36. The lowest BCUT2D eigenvalue weighted by Crippen LogP contribution is -2.42. The average molecular weight is 361 g/mol. The van der Waals surface area contributed by atoms with Crippen LogP contribution in [0.5, 0.6) is 11.5 Å². The molecule has 6 heteroatoms. The van der Waals surface area contributed by atoms with Crippen molar-refractivity contribution in [1.82, 2.24) is 15.1 Å². The highest BCUT2D eigenvalue weighted by molar-refractivity contribution is 5.80. The molecule has 0 radical (unpaired) electrons. The number of hydrogen-bond acceptors (Lipinski definition) is 4. The van der Waals surface area contributed by atoms with E-state index in [2.05, 4.69) is 22.0 Å². The van der Waals surface area contributed by atoms with Crippen molar-refractivity contribution in [3.63, 3.8) is 0 Å². The number of likely N-dealkylation sites (tertiary alicyclic amines) is 2. The second-order valence-electron chi connectivity index (χ2n) is 7.12. The highest BCUT2D eigenvalue weighted by atomic mass is 16.5. The number of phenolic OH excluding ortho intramolecular Hbond substituents is 1. The number of methoxy groups -OCH3 is 1. The van der Waals surface area contributed by atoms with Crippen molar-refractivity contribution in [2.24, 2.45) is 4.99 Å². The van der Waals surface area contributed by atoms with Gasteiger partial charge in [0.2, 0.25) is 0 Å².